The third-order valence-corrected chi connectivity index (χ3v) is 3.32. The van der Waals surface area contributed by atoms with E-state index in [2.05, 4.69) is 15.6 Å². The number of hydrogen-bond acceptors (Lipinski definition) is 5. The number of nitrogen functional groups attached to an aromatic ring is 1. The molecule has 0 aromatic carbocycles. The SMILES string of the molecule is Cc1nc(N)sc1C(=O)NC1CNC(=O)C1. The van der Waals surface area contributed by atoms with Gasteiger partial charge in [0.05, 0.1) is 11.7 Å². The van der Waals surface area contributed by atoms with Gasteiger partial charge in [-0.1, -0.05) is 11.3 Å². The first kappa shape index (κ1) is 10.9. The minimum atomic E-state index is -0.215. The molecular weight excluding hydrogens is 228 g/mol. The molecule has 1 unspecified atom stereocenters. The first-order valence-electron chi connectivity index (χ1n) is 4.86. The number of carbonyl (C=O) groups excluding carboxylic acids is 2. The fourth-order valence-electron chi connectivity index (χ4n) is 1.59. The van der Waals surface area contributed by atoms with Crippen LogP contribution in [0.2, 0.25) is 0 Å². The van der Waals surface area contributed by atoms with Gasteiger partial charge in [0.15, 0.2) is 5.13 Å². The number of nitrogens with two attached hydrogens (primary N) is 1. The number of carbonyl (C=O) groups is 2. The van der Waals surface area contributed by atoms with E-state index in [-0.39, 0.29) is 17.9 Å². The van der Waals surface area contributed by atoms with Crippen LogP contribution in [-0.4, -0.2) is 29.4 Å². The first-order chi connectivity index (χ1) is 7.56. The minimum Gasteiger partial charge on any atom is -0.375 e. The lowest BCUT2D eigenvalue weighted by Crippen LogP contribution is -2.36. The summed E-state index contributed by atoms with van der Waals surface area (Å²) in [5.41, 5.74) is 6.13. The molecule has 2 heterocycles. The molecule has 0 bridgehead atoms. The molecule has 0 radical (unpaired) electrons. The van der Waals surface area contributed by atoms with Crippen molar-refractivity contribution in [1.29, 1.82) is 0 Å². The number of rotatable bonds is 2. The molecule has 2 rings (SSSR count). The van der Waals surface area contributed by atoms with Gasteiger partial charge in [-0.25, -0.2) is 4.98 Å². The van der Waals surface area contributed by atoms with E-state index < -0.39 is 0 Å². The summed E-state index contributed by atoms with van der Waals surface area (Å²) in [7, 11) is 0. The maximum Gasteiger partial charge on any atom is 0.263 e. The van der Waals surface area contributed by atoms with E-state index in [1.165, 1.54) is 0 Å². The van der Waals surface area contributed by atoms with Crippen LogP contribution in [0.5, 0.6) is 0 Å². The van der Waals surface area contributed by atoms with E-state index in [0.717, 1.165) is 11.3 Å². The maximum atomic E-state index is 11.8. The highest BCUT2D eigenvalue weighted by Gasteiger charge is 2.24. The second-order valence-electron chi connectivity index (χ2n) is 3.65. The van der Waals surface area contributed by atoms with E-state index in [1.807, 2.05) is 0 Å². The van der Waals surface area contributed by atoms with Crippen molar-refractivity contribution >= 4 is 28.3 Å². The van der Waals surface area contributed by atoms with E-state index in [4.69, 9.17) is 5.73 Å². The largest absolute Gasteiger partial charge is 0.375 e. The Morgan fingerprint density at radius 3 is 2.94 bits per heavy atom. The van der Waals surface area contributed by atoms with Crippen LogP contribution in [0.1, 0.15) is 21.8 Å². The van der Waals surface area contributed by atoms with Crippen LogP contribution in [0, 0.1) is 6.92 Å². The molecule has 0 aliphatic carbocycles. The summed E-state index contributed by atoms with van der Waals surface area (Å²) in [6.45, 7) is 2.22. The maximum absolute atomic E-state index is 11.8. The molecule has 4 N–H and O–H groups in total. The molecule has 16 heavy (non-hydrogen) atoms. The molecule has 7 heteroatoms. The van der Waals surface area contributed by atoms with E-state index in [1.54, 1.807) is 6.92 Å². The van der Waals surface area contributed by atoms with Crippen molar-refractivity contribution in [3.8, 4) is 0 Å². The number of anilines is 1. The zero-order valence-corrected chi connectivity index (χ0v) is 9.56. The Hall–Kier alpha value is -1.63. The Morgan fingerprint density at radius 1 is 1.69 bits per heavy atom. The van der Waals surface area contributed by atoms with E-state index in [0.29, 0.717) is 28.7 Å². The van der Waals surface area contributed by atoms with Crippen molar-refractivity contribution in [2.45, 2.75) is 19.4 Å². The standard InChI is InChI=1S/C9H12N4O2S/c1-4-7(16-9(10)12-4)8(15)13-5-2-6(14)11-3-5/h5H,2-3H2,1H3,(H2,10,12)(H,11,14)(H,13,15). The van der Waals surface area contributed by atoms with Gasteiger partial charge < -0.3 is 16.4 Å². The highest BCUT2D eigenvalue weighted by molar-refractivity contribution is 7.17. The Kier molecular flexibility index (Phi) is 2.78. The lowest BCUT2D eigenvalue weighted by molar-refractivity contribution is -0.119. The Morgan fingerprint density at radius 2 is 2.44 bits per heavy atom. The van der Waals surface area contributed by atoms with Gasteiger partial charge in [0.25, 0.3) is 5.91 Å². The van der Waals surface area contributed by atoms with Crippen LogP contribution < -0.4 is 16.4 Å². The fraction of sp³-hybridized carbons (Fsp3) is 0.444. The van der Waals surface area contributed by atoms with Gasteiger partial charge in [0, 0.05) is 13.0 Å². The van der Waals surface area contributed by atoms with Crippen molar-refractivity contribution in [3.05, 3.63) is 10.6 Å². The number of aromatic nitrogens is 1. The van der Waals surface area contributed by atoms with E-state index >= 15 is 0 Å². The van der Waals surface area contributed by atoms with Gasteiger partial charge >= 0.3 is 0 Å². The lowest BCUT2D eigenvalue weighted by atomic mass is 10.2. The molecule has 1 saturated heterocycles. The quantitative estimate of drug-likeness (QED) is 0.658. The Balaban J connectivity index is 2.03. The highest BCUT2D eigenvalue weighted by Crippen LogP contribution is 2.19. The van der Waals surface area contributed by atoms with Gasteiger partial charge in [0.2, 0.25) is 5.91 Å². The number of nitrogens with one attached hydrogen (secondary N) is 2. The third-order valence-electron chi connectivity index (χ3n) is 2.33. The first-order valence-corrected chi connectivity index (χ1v) is 5.68. The van der Waals surface area contributed by atoms with Crippen LogP contribution in [0.3, 0.4) is 0 Å². The molecule has 1 aliphatic rings. The average Bonchev–Trinajstić information content (AvgIpc) is 2.73. The van der Waals surface area contributed by atoms with Gasteiger partial charge in [-0.2, -0.15) is 0 Å². The molecule has 6 nitrogen and oxygen atoms in total. The highest BCUT2D eigenvalue weighted by atomic mass is 32.1. The van der Waals surface area contributed by atoms with Crippen molar-refractivity contribution in [2.75, 3.05) is 12.3 Å². The van der Waals surface area contributed by atoms with Crippen molar-refractivity contribution in [3.63, 3.8) is 0 Å². The molecule has 1 aromatic heterocycles. The van der Waals surface area contributed by atoms with Gasteiger partial charge in [-0.15, -0.1) is 0 Å². The van der Waals surface area contributed by atoms with Crippen LogP contribution in [-0.2, 0) is 4.79 Å². The zero-order valence-electron chi connectivity index (χ0n) is 8.74. The van der Waals surface area contributed by atoms with Crippen molar-refractivity contribution in [1.82, 2.24) is 15.6 Å². The van der Waals surface area contributed by atoms with Crippen LogP contribution >= 0.6 is 11.3 Å². The summed E-state index contributed by atoms with van der Waals surface area (Å²) >= 11 is 1.16. The summed E-state index contributed by atoms with van der Waals surface area (Å²) < 4.78 is 0. The molecule has 1 fully saturated rings. The second kappa shape index (κ2) is 4.09. The predicted octanol–water partition coefficient (Wildman–Crippen LogP) is -0.348. The number of hydrogen-bond donors (Lipinski definition) is 3. The lowest BCUT2D eigenvalue weighted by Gasteiger charge is -2.08. The summed E-state index contributed by atoms with van der Waals surface area (Å²) in [4.78, 5) is 27.2. The van der Waals surface area contributed by atoms with Crippen LogP contribution in [0.4, 0.5) is 5.13 Å². The van der Waals surface area contributed by atoms with Crippen LogP contribution in [0.15, 0.2) is 0 Å². The van der Waals surface area contributed by atoms with Crippen molar-refractivity contribution < 1.29 is 9.59 Å². The minimum absolute atomic E-state index is 0.0363. The molecule has 1 aliphatic heterocycles. The van der Waals surface area contributed by atoms with E-state index in [9.17, 15) is 9.59 Å². The summed E-state index contributed by atoms with van der Waals surface area (Å²) in [5.74, 6) is -0.251. The summed E-state index contributed by atoms with van der Waals surface area (Å²) in [5, 5.41) is 5.81. The average molecular weight is 240 g/mol. The Bertz CT molecular complexity index is 443. The van der Waals surface area contributed by atoms with Gasteiger partial charge in [-0.05, 0) is 6.92 Å². The molecule has 1 atom stereocenters. The molecule has 0 saturated carbocycles. The molecule has 1 aromatic rings. The number of aryl methyl sites for hydroxylation is 1. The molecular formula is C9H12N4O2S. The Labute approximate surface area is 96.2 Å². The summed E-state index contributed by atoms with van der Waals surface area (Å²) in [6.07, 6.45) is 0.332. The zero-order chi connectivity index (χ0) is 11.7. The van der Waals surface area contributed by atoms with Crippen molar-refractivity contribution in [2.24, 2.45) is 0 Å². The molecule has 2 amide bonds. The van der Waals surface area contributed by atoms with Gasteiger partial charge in [0.1, 0.15) is 4.88 Å². The number of nitrogens with zero attached hydrogens (tertiary/aromatic N) is 1. The van der Waals surface area contributed by atoms with Crippen LogP contribution in [0.25, 0.3) is 0 Å². The number of thiazole rings is 1. The normalized spacial score (nSPS) is 19.6. The number of amides is 2. The molecule has 86 valence electrons. The fourth-order valence-corrected chi connectivity index (χ4v) is 2.32. The summed E-state index contributed by atoms with van der Waals surface area (Å²) in [6, 6.07) is -0.136. The third kappa shape index (κ3) is 2.13. The monoisotopic (exact) mass is 240 g/mol. The van der Waals surface area contributed by atoms with Gasteiger partial charge in [-0.3, -0.25) is 9.59 Å². The topological polar surface area (TPSA) is 97.1 Å². The molecule has 0 spiro atoms. The smallest absolute Gasteiger partial charge is 0.263 e. The second-order valence-corrected chi connectivity index (χ2v) is 4.68. The predicted molar refractivity (Wildman–Crippen MR) is 60.1 cm³/mol.